The van der Waals surface area contributed by atoms with Crippen molar-refractivity contribution in [2.24, 2.45) is 0 Å². The van der Waals surface area contributed by atoms with Crippen molar-refractivity contribution < 1.29 is 9.53 Å². The quantitative estimate of drug-likeness (QED) is 0.828. The van der Waals surface area contributed by atoms with E-state index in [0.29, 0.717) is 22.4 Å². The van der Waals surface area contributed by atoms with Gasteiger partial charge in [-0.05, 0) is 60.7 Å². The summed E-state index contributed by atoms with van der Waals surface area (Å²) < 4.78 is 5.58. The number of amides is 1. The Bertz CT molecular complexity index is 711. The molecule has 0 heterocycles. The molecular weight excluding hydrogens is 310 g/mol. The predicted octanol–water partition coefficient (Wildman–Crippen LogP) is 5.10. The molecule has 0 atom stereocenters. The van der Waals surface area contributed by atoms with Crippen LogP contribution in [0.15, 0.2) is 36.4 Å². The molecule has 2 aromatic carbocycles. The molecule has 0 aliphatic rings. The van der Waals surface area contributed by atoms with Crippen LogP contribution in [0, 0.1) is 13.8 Å². The number of carbonyl (C=O) groups is 1. The minimum absolute atomic E-state index is 0.0353. The topological polar surface area (TPSA) is 38.3 Å². The van der Waals surface area contributed by atoms with Gasteiger partial charge in [0, 0.05) is 10.7 Å². The summed E-state index contributed by atoms with van der Waals surface area (Å²) >= 11 is 5.95. The summed E-state index contributed by atoms with van der Waals surface area (Å²) in [4.78, 5) is 12.0. The Morgan fingerprint density at radius 3 is 2.52 bits per heavy atom. The van der Waals surface area contributed by atoms with E-state index in [1.807, 2.05) is 31.2 Å². The first-order chi connectivity index (χ1) is 10.9. The van der Waals surface area contributed by atoms with Crippen LogP contribution >= 0.6 is 11.6 Å². The predicted molar refractivity (Wildman–Crippen MR) is 95.6 cm³/mol. The fraction of sp³-hybridized carbons (Fsp3) is 0.316. The van der Waals surface area contributed by atoms with Gasteiger partial charge in [0.2, 0.25) is 0 Å². The van der Waals surface area contributed by atoms with Crippen molar-refractivity contribution in [2.45, 2.75) is 33.6 Å². The number of hydrogen-bond acceptors (Lipinski definition) is 2. The van der Waals surface area contributed by atoms with E-state index < -0.39 is 0 Å². The molecule has 0 saturated carbocycles. The summed E-state index contributed by atoms with van der Waals surface area (Å²) in [5, 5.41) is 3.41. The molecular formula is C19H22ClNO2. The molecule has 0 aliphatic heterocycles. The summed E-state index contributed by atoms with van der Waals surface area (Å²) in [5.74, 6) is 0.962. The first-order valence-electron chi connectivity index (χ1n) is 7.66. The molecule has 2 rings (SSSR count). The molecule has 2 aromatic rings. The van der Waals surface area contributed by atoms with E-state index in [1.54, 1.807) is 12.1 Å². The second-order valence-electron chi connectivity index (χ2n) is 5.97. The molecule has 0 spiro atoms. The molecule has 1 N–H and O–H groups in total. The first-order valence-corrected chi connectivity index (χ1v) is 8.04. The molecule has 4 heteroatoms. The fourth-order valence-corrected chi connectivity index (χ4v) is 2.62. The number of nitrogens with one attached hydrogen (secondary N) is 1. The number of anilines is 1. The highest BCUT2D eigenvalue weighted by Crippen LogP contribution is 2.24. The average molecular weight is 332 g/mol. The molecule has 3 nitrogen and oxygen atoms in total. The number of rotatable bonds is 5. The van der Waals surface area contributed by atoms with Crippen LogP contribution in [0.25, 0.3) is 0 Å². The second-order valence-corrected chi connectivity index (χ2v) is 6.41. The van der Waals surface area contributed by atoms with Crippen LogP contribution in [0.2, 0.25) is 5.02 Å². The van der Waals surface area contributed by atoms with Gasteiger partial charge in [-0.3, -0.25) is 4.79 Å². The number of benzene rings is 2. The lowest BCUT2D eigenvalue weighted by Gasteiger charge is -2.13. The smallest absolute Gasteiger partial charge is 0.262 e. The molecule has 0 saturated heterocycles. The number of ether oxygens (including phenoxy) is 1. The molecule has 0 fully saturated rings. The van der Waals surface area contributed by atoms with Crippen molar-refractivity contribution in [3.63, 3.8) is 0 Å². The molecule has 0 aliphatic carbocycles. The van der Waals surface area contributed by atoms with Gasteiger partial charge in [0.1, 0.15) is 5.75 Å². The lowest BCUT2D eigenvalue weighted by Crippen LogP contribution is -2.20. The van der Waals surface area contributed by atoms with Crippen molar-refractivity contribution in [3.8, 4) is 5.75 Å². The Labute approximate surface area is 142 Å². The van der Waals surface area contributed by atoms with E-state index in [0.717, 1.165) is 5.56 Å². The normalized spacial score (nSPS) is 10.7. The highest BCUT2D eigenvalue weighted by atomic mass is 35.5. The van der Waals surface area contributed by atoms with Gasteiger partial charge in [-0.1, -0.05) is 37.6 Å². The summed E-state index contributed by atoms with van der Waals surface area (Å²) in [6.07, 6.45) is 0. The van der Waals surface area contributed by atoms with Gasteiger partial charge < -0.3 is 10.1 Å². The first kappa shape index (κ1) is 17.4. The number of aryl methyl sites for hydroxylation is 2. The van der Waals surface area contributed by atoms with Gasteiger partial charge in [-0.15, -0.1) is 0 Å². The van der Waals surface area contributed by atoms with Crippen LogP contribution in [0.4, 0.5) is 5.69 Å². The Morgan fingerprint density at radius 2 is 1.87 bits per heavy atom. The van der Waals surface area contributed by atoms with Gasteiger partial charge in [-0.25, -0.2) is 0 Å². The standard InChI is InChI=1S/C19H22ClNO2/c1-12(2)17-8-7-16(9-14(17)4)23-11-19(22)21-18-10-15(20)6-5-13(18)3/h5-10,12H,11H2,1-4H3,(H,21,22). The third-order valence-electron chi connectivity index (χ3n) is 3.71. The van der Waals surface area contributed by atoms with Crippen LogP contribution < -0.4 is 10.1 Å². The lowest BCUT2D eigenvalue weighted by molar-refractivity contribution is -0.118. The van der Waals surface area contributed by atoms with Crippen LogP contribution in [0.3, 0.4) is 0 Å². The second kappa shape index (κ2) is 7.51. The van der Waals surface area contributed by atoms with Gasteiger partial charge in [0.05, 0.1) is 0 Å². The van der Waals surface area contributed by atoms with Crippen molar-refractivity contribution in [3.05, 3.63) is 58.1 Å². The SMILES string of the molecule is Cc1ccc(Cl)cc1NC(=O)COc1ccc(C(C)C)c(C)c1. The van der Waals surface area contributed by atoms with Crippen LogP contribution in [-0.2, 0) is 4.79 Å². The maximum absolute atomic E-state index is 12.0. The lowest BCUT2D eigenvalue weighted by atomic mass is 9.98. The van der Waals surface area contributed by atoms with Crippen molar-refractivity contribution in [1.29, 1.82) is 0 Å². The van der Waals surface area contributed by atoms with Crippen LogP contribution in [-0.4, -0.2) is 12.5 Å². The van der Waals surface area contributed by atoms with Crippen LogP contribution in [0.1, 0.15) is 36.5 Å². The Balaban J connectivity index is 1.97. The van der Waals surface area contributed by atoms with E-state index in [4.69, 9.17) is 16.3 Å². The number of hydrogen-bond donors (Lipinski definition) is 1. The summed E-state index contributed by atoms with van der Waals surface area (Å²) in [5.41, 5.74) is 4.12. The van der Waals surface area contributed by atoms with Gasteiger partial charge in [0.15, 0.2) is 6.61 Å². The summed E-state index contributed by atoms with van der Waals surface area (Å²) in [6.45, 7) is 8.25. The maximum atomic E-state index is 12.0. The maximum Gasteiger partial charge on any atom is 0.262 e. The highest BCUT2D eigenvalue weighted by Gasteiger charge is 2.08. The number of carbonyl (C=O) groups excluding carboxylic acids is 1. The zero-order valence-corrected chi connectivity index (χ0v) is 14.7. The number of halogens is 1. The Hall–Kier alpha value is -2.00. The van der Waals surface area contributed by atoms with E-state index in [-0.39, 0.29) is 12.5 Å². The van der Waals surface area contributed by atoms with E-state index in [1.165, 1.54) is 11.1 Å². The summed E-state index contributed by atoms with van der Waals surface area (Å²) in [6, 6.07) is 11.3. The highest BCUT2D eigenvalue weighted by molar-refractivity contribution is 6.31. The van der Waals surface area contributed by atoms with E-state index in [2.05, 4.69) is 26.1 Å². The molecule has 0 unspecified atom stereocenters. The van der Waals surface area contributed by atoms with Crippen LogP contribution in [0.5, 0.6) is 5.75 Å². The minimum Gasteiger partial charge on any atom is -0.484 e. The van der Waals surface area contributed by atoms with Gasteiger partial charge >= 0.3 is 0 Å². The van der Waals surface area contributed by atoms with Gasteiger partial charge in [0.25, 0.3) is 5.91 Å². The zero-order valence-electron chi connectivity index (χ0n) is 13.9. The molecule has 23 heavy (non-hydrogen) atoms. The zero-order chi connectivity index (χ0) is 17.0. The van der Waals surface area contributed by atoms with Crippen molar-refractivity contribution in [2.75, 3.05) is 11.9 Å². The molecule has 0 bridgehead atoms. The molecule has 0 aromatic heterocycles. The monoisotopic (exact) mass is 331 g/mol. The van der Waals surface area contributed by atoms with E-state index in [9.17, 15) is 4.79 Å². The van der Waals surface area contributed by atoms with Crippen molar-refractivity contribution in [1.82, 2.24) is 0 Å². The molecule has 0 radical (unpaired) electrons. The fourth-order valence-electron chi connectivity index (χ4n) is 2.45. The van der Waals surface area contributed by atoms with Crippen molar-refractivity contribution >= 4 is 23.2 Å². The Kier molecular flexibility index (Phi) is 5.67. The minimum atomic E-state index is -0.207. The average Bonchev–Trinajstić information content (AvgIpc) is 2.48. The molecule has 1 amide bonds. The van der Waals surface area contributed by atoms with Gasteiger partial charge in [-0.2, -0.15) is 0 Å². The molecule has 122 valence electrons. The third-order valence-corrected chi connectivity index (χ3v) is 3.94. The largest absolute Gasteiger partial charge is 0.484 e. The summed E-state index contributed by atoms with van der Waals surface area (Å²) in [7, 11) is 0. The third kappa shape index (κ3) is 4.73. The van der Waals surface area contributed by atoms with E-state index >= 15 is 0 Å². The Morgan fingerprint density at radius 1 is 1.13 bits per heavy atom.